The Hall–Kier alpha value is -3.20. The predicted molar refractivity (Wildman–Crippen MR) is 114 cm³/mol. The molecule has 32 heavy (non-hydrogen) atoms. The van der Waals surface area contributed by atoms with Gasteiger partial charge in [-0.05, 0) is 26.0 Å². The first-order valence-corrected chi connectivity index (χ1v) is 10.5. The molecule has 0 amide bonds. The molecule has 3 aromatic rings. The zero-order valence-corrected chi connectivity index (χ0v) is 18.1. The fraction of sp³-hybridized carbons (Fsp3) is 0.391. The Morgan fingerprint density at radius 2 is 1.94 bits per heavy atom. The molecule has 0 aliphatic carbocycles. The van der Waals surface area contributed by atoms with E-state index < -0.39 is 11.6 Å². The largest absolute Gasteiger partial charge is 0.485 e. The molecule has 7 nitrogen and oxygen atoms in total. The number of aromatic nitrogens is 2. The molecule has 2 aromatic heterocycles. The molecule has 0 bridgehead atoms. The highest BCUT2D eigenvalue weighted by Gasteiger charge is 2.21. The van der Waals surface area contributed by atoms with Crippen LogP contribution in [0.1, 0.15) is 23.9 Å². The fourth-order valence-electron chi connectivity index (χ4n) is 3.74. The molecular weight excluding hydrogens is 420 g/mol. The van der Waals surface area contributed by atoms with Gasteiger partial charge in [-0.25, -0.2) is 13.8 Å². The molecule has 0 unspecified atom stereocenters. The number of rotatable bonds is 7. The lowest BCUT2D eigenvalue weighted by Crippen LogP contribution is -2.36. The molecule has 3 heterocycles. The van der Waals surface area contributed by atoms with Gasteiger partial charge in [0, 0.05) is 25.4 Å². The summed E-state index contributed by atoms with van der Waals surface area (Å²) >= 11 is 0. The van der Waals surface area contributed by atoms with E-state index in [0.717, 1.165) is 5.69 Å². The number of aryl methyl sites for hydroxylation is 1. The fourth-order valence-corrected chi connectivity index (χ4v) is 3.74. The van der Waals surface area contributed by atoms with E-state index in [1.807, 2.05) is 6.20 Å². The molecule has 1 aliphatic heterocycles. The van der Waals surface area contributed by atoms with Crippen molar-refractivity contribution in [1.29, 1.82) is 0 Å². The number of carbonyl (C=O) groups is 1. The second kappa shape index (κ2) is 9.52. The lowest BCUT2D eigenvalue weighted by Gasteiger charge is -2.29. The number of pyridine rings is 1. The predicted octanol–water partition coefficient (Wildman–Crippen LogP) is 3.44. The molecule has 0 atom stereocenters. The van der Waals surface area contributed by atoms with Crippen LogP contribution >= 0.6 is 0 Å². The van der Waals surface area contributed by atoms with Crippen LogP contribution < -0.4 is 9.64 Å². The number of morpholine rings is 1. The minimum Gasteiger partial charge on any atom is -0.485 e. The van der Waals surface area contributed by atoms with Crippen molar-refractivity contribution in [3.05, 3.63) is 59.0 Å². The van der Waals surface area contributed by atoms with Gasteiger partial charge in [-0.1, -0.05) is 6.07 Å². The molecule has 4 rings (SSSR count). The number of esters is 1. The molecule has 1 aromatic carbocycles. The van der Waals surface area contributed by atoms with Gasteiger partial charge in [-0.3, -0.25) is 9.20 Å². The van der Waals surface area contributed by atoms with Crippen molar-refractivity contribution in [2.75, 3.05) is 37.8 Å². The lowest BCUT2D eigenvalue weighted by atomic mass is 10.2. The number of nitrogens with zero attached hydrogens (tertiary/aromatic N) is 3. The summed E-state index contributed by atoms with van der Waals surface area (Å²) in [4.78, 5) is 18.9. The molecule has 0 saturated carbocycles. The number of benzene rings is 1. The first-order chi connectivity index (χ1) is 15.5. The van der Waals surface area contributed by atoms with E-state index in [9.17, 15) is 13.6 Å². The molecular formula is C23H25F2N3O4. The Balaban J connectivity index is 1.74. The number of anilines is 1. The number of hydrogen-bond acceptors (Lipinski definition) is 6. The van der Waals surface area contributed by atoms with E-state index in [4.69, 9.17) is 14.2 Å². The highest BCUT2D eigenvalue weighted by Crippen LogP contribution is 2.30. The first kappa shape index (κ1) is 22.0. The van der Waals surface area contributed by atoms with Crippen molar-refractivity contribution in [3.8, 4) is 5.75 Å². The van der Waals surface area contributed by atoms with Crippen molar-refractivity contribution >= 4 is 17.3 Å². The number of ether oxygens (including phenoxy) is 3. The highest BCUT2D eigenvalue weighted by atomic mass is 19.1. The van der Waals surface area contributed by atoms with Crippen LogP contribution in [0.25, 0.3) is 5.65 Å². The Bertz CT molecular complexity index is 1110. The van der Waals surface area contributed by atoms with E-state index in [1.54, 1.807) is 24.3 Å². The van der Waals surface area contributed by atoms with Crippen molar-refractivity contribution in [2.24, 2.45) is 0 Å². The van der Waals surface area contributed by atoms with Gasteiger partial charge in [0.25, 0.3) is 0 Å². The molecule has 1 saturated heterocycles. The summed E-state index contributed by atoms with van der Waals surface area (Å²) in [5.41, 5.74) is 2.48. The maximum Gasteiger partial charge on any atom is 0.311 e. The van der Waals surface area contributed by atoms with Crippen LogP contribution in [0.4, 0.5) is 14.5 Å². The quantitative estimate of drug-likeness (QED) is 0.519. The third-order valence-electron chi connectivity index (χ3n) is 5.40. The third kappa shape index (κ3) is 4.52. The molecule has 170 valence electrons. The van der Waals surface area contributed by atoms with Crippen LogP contribution in [-0.2, 0) is 27.3 Å². The number of carbonyl (C=O) groups excluding carboxylic acids is 1. The van der Waals surface area contributed by atoms with Crippen LogP contribution in [0.2, 0.25) is 0 Å². The van der Waals surface area contributed by atoms with Crippen LogP contribution in [0.5, 0.6) is 5.75 Å². The Morgan fingerprint density at radius 3 is 2.62 bits per heavy atom. The summed E-state index contributed by atoms with van der Waals surface area (Å²) in [6, 6.07) is 5.50. The monoisotopic (exact) mass is 445 g/mol. The van der Waals surface area contributed by atoms with Crippen LogP contribution in [0.15, 0.2) is 30.5 Å². The summed E-state index contributed by atoms with van der Waals surface area (Å²) in [6.45, 7) is 6.11. The summed E-state index contributed by atoms with van der Waals surface area (Å²) in [5.74, 6) is -1.33. The standard InChI is InChI=1S/C23H25F2N3O4/c1-3-31-22(29)12-20-15(2)26-23-21(32-14-17-18(24)5-4-6-19(17)25)11-16(13-28(20)23)27-7-9-30-10-8-27/h4-6,11,13H,3,7-10,12,14H2,1-2H3. The first-order valence-electron chi connectivity index (χ1n) is 10.5. The van der Waals surface area contributed by atoms with E-state index in [2.05, 4.69) is 9.88 Å². The van der Waals surface area contributed by atoms with Crippen LogP contribution in [0.3, 0.4) is 0 Å². The van der Waals surface area contributed by atoms with Gasteiger partial charge in [-0.2, -0.15) is 0 Å². The summed E-state index contributed by atoms with van der Waals surface area (Å²) in [5, 5.41) is 0. The van der Waals surface area contributed by atoms with E-state index >= 15 is 0 Å². The molecule has 0 N–H and O–H groups in total. The Kier molecular flexibility index (Phi) is 6.55. The zero-order valence-electron chi connectivity index (χ0n) is 18.1. The van der Waals surface area contributed by atoms with Crippen molar-refractivity contribution in [2.45, 2.75) is 26.9 Å². The second-order valence-electron chi connectivity index (χ2n) is 7.47. The molecule has 1 aliphatic rings. The normalized spacial score (nSPS) is 14.1. The number of hydrogen-bond donors (Lipinski definition) is 0. The third-order valence-corrected chi connectivity index (χ3v) is 5.40. The van der Waals surface area contributed by atoms with Crippen LogP contribution in [0, 0.1) is 18.6 Å². The molecule has 0 radical (unpaired) electrons. The van der Waals surface area contributed by atoms with Crippen molar-refractivity contribution in [3.63, 3.8) is 0 Å². The average molecular weight is 445 g/mol. The second-order valence-corrected chi connectivity index (χ2v) is 7.47. The molecule has 9 heteroatoms. The summed E-state index contributed by atoms with van der Waals surface area (Å²) in [7, 11) is 0. The maximum absolute atomic E-state index is 14.1. The van der Waals surface area contributed by atoms with Crippen LogP contribution in [-0.4, -0.2) is 48.3 Å². The van der Waals surface area contributed by atoms with Gasteiger partial charge >= 0.3 is 5.97 Å². The van der Waals surface area contributed by atoms with Crippen molar-refractivity contribution in [1.82, 2.24) is 9.38 Å². The smallest absolute Gasteiger partial charge is 0.311 e. The van der Waals surface area contributed by atoms with Gasteiger partial charge in [0.1, 0.15) is 18.2 Å². The average Bonchev–Trinajstić information content (AvgIpc) is 3.09. The minimum atomic E-state index is -0.673. The van der Waals surface area contributed by atoms with Gasteiger partial charge in [0.05, 0.1) is 48.9 Å². The topological polar surface area (TPSA) is 65.3 Å². The Labute approximate surface area is 184 Å². The highest BCUT2D eigenvalue weighted by molar-refractivity contribution is 5.74. The zero-order chi connectivity index (χ0) is 22.7. The van der Waals surface area contributed by atoms with E-state index in [-0.39, 0.29) is 31.2 Å². The van der Waals surface area contributed by atoms with E-state index in [1.165, 1.54) is 18.2 Å². The number of halogens is 2. The Morgan fingerprint density at radius 1 is 1.22 bits per heavy atom. The summed E-state index contributed by atoms with van der Waals surface area (Å²) in [6.07, 6.45) is 1.94. The minimum absolute atomic E-state index is 0.0504. The van der Waals surface area contributed by atoms with Crippen molar-refractivity contribution < 1.29 is 27.8 Å². The molecule has 0 spiro atoms. The van der Waals surface area contributed by atoms with Gasteiger partial charge in [0.2, 0.25) is 0 Å². The molecule has 1 fully saturated rings. The summed E-state index contributed by atoms with van der Waals surface area (Å²) < 4.78 is 46.4. The van der Waals surface area contributed by atoms with Gasteiger partial charge in [0.15, 0.2) is 11.4 Å². The van der Waals surface area contributed by atoms with E-state index in [0.29, 0.717) is 49.1 Å². The number of fused-ring (bicyclic) bond motifs is 1. The number of imidazole rings is 1. The SMILES string of the molecule is CCOC(=O)Cc1c(C)nc2c(OCc3c(F)cccc3F)cc(N3CCOCC3)cn12. The van der Waals surface area contributed by atoms with Gasteiger partial charge < -0.3 is 19.1 Å². The lowest BCUT2D eigenvalue weighted by molar-refractivity contribution is -0.142. The van der Waals surface area contributed by atoms with Gasteiger partial charge in [-0.15, -0.1) is 0 Å². The maximum atomic E-state index is 14.1.